The number of aliphatic carboxylic acids is 1. The molecule has 1 aliphatic carbocycles. The largest absolute Gasteiger partial charge is 1.00 e. The van der Waals surface area contributed by atoms with Crippen LogP contribution in [0, 0.1) is 5.82 Å². The van der Waals surface area contributed by atoms with Gasteiger partial charge in [0.15, 0.2) is 0 Å². The zero-order valence-electron chi connectivity index (χ0n) is 16.6. The van der Waals surface area contributed by atoms with Crippen LogP contribution in [-0.4, -0.2) is 30.1 Å². The van der Waals surface area contributed by atoms with Crippen LogP contribution in [0.4, 0.5) is 4.39 Å². The van der Waals surface area contributed by atoms with Gasteiger partial charge in [0.05, 0.1) is 11.3 Å². The molecule has 0 bridgehead atoms. The van der Waals surface area contributed by atoms with Crippen molar-refractivity contribution in [3.8, 4) is 0 Å². The Morgan fingerprint density at radius 2 is 1.87 bits per heavy atom. The molecule has 2 N–H and O–H groups in total. The van der Waals surface area contributed by atoms with Gasteiger partial charge in [-0.2, -0.15) is 0 Å². The van der Waals surface area contributed by atoms with Gasteiger partial charge in [0.2, 0.25) is 10.0 Å². The fraction of sp³-hybridized carbons (Fsp3) is 0.286. The van der Waals surface area contributed by atoms with Gasteiger partial charge in [0.1, 0.15) is 5.82 Å². The Labute approximate surface area is 196 Å². The number of hydrogen-bond donors (Lipinski definition) is 2. The molecule has 0 saturated carbocycles. The molecule has 0 spiro atoms. The van der Waals surface area contributed by atoms with Crippen LogP contribution >= 0.6 is 0 Å². The summed E-state index contributed by atoms with van der Waals surface area (Å²) < 4.78 is 43.2. The smallest absolute Gasteiger partial charge is 0.481 e. The number of para-hydroxylation sites is 1. The monoisotopic (exact) mass is 439 g/mol. The van der Waals surface area contributed by atoms with Crippen LogP contribution in [0.15, 0.2) is 53.4 Å². The third-order valence-electron chi connectivity index (χ3n) is 5.37. The zero-order valence-corrected chi connectivity index (χ0v) is 19.5. The number of aryl methyl sites for hydroxylation is 1. The van der Waals surface area contributed by atoms with E-state index in [9.17, 15) is 17.6 Å². The molecule has 4 rings (SSSR count). The van der Waals surface area contributed by atoms with E-state index in [0.717, 1.165) is 34.3 Å². The first-order valence-electron chi connectivity index (χ1n) is 9.44. The molecule has 9 heteroatoms. The molecule has 3 aromatic rings. The first-order chi connectivity index (χ1) is 13.8. The van der Waals surface area contributed by atoms with E-state index in [-0.39, 0.29) is 46.9 Å². The number of rotatable bonds is 6. The van der Waals surface area contributed by atoms with E-state index < -0.39 is 21.8 Å². The molecule has 0 radical (unpaired) electrons. The second-order valence-electron chi connectivity index (χ2n) is 7.25. The summed E-state index contributed by atoms with van der Waals surface area (Å²) in [5.41, 5.74) is 3.11. The Balaban J connectivity index is 0.00000256. The van der Waals surface area contributed by atoms with E-state index in [4.69, 9.17) is 5.11 Å². The van der Waals surface area contributed by atoms with Crippen LogP contribution < -0.4 is 34.3 Å². The number of halogens is 1. The number of carbonyl (C=O) groups is 1. The number of fused-ring (bicyclic) bond motifs is 3. The average molecular weight is 439 g/mol. The molecule has 1 heterocycles. The first kappa shape index (κ1) is 23.0. The number of benzene rings is 2. The summed E-state index contributed by atoms with van der Waals surface area (Å²) in [6, 6.07) is 12.3. The minimum absolute atomic E-state index is 0. The number of nitrogens with zero attached hydrogens (tertiary/aromatic N) is 1. The van der Waals surface area contributed by atoms with Crippen LogP contribution in [0.5, 0.6) is 0 Å². The van der Waals surface area contributed by atoms with Crippen molar-refractivity contribution in [2.75, 3.05) is 0 Å². The quantitative estimate of drug-likeness (QED) is 0.533. The van der Waals surface area contributed by atoms with Gasteiger partial charge in [0, 0.05) is 29.2 Å². The molecular formula is C21H21FN2NaO4S+. The van der Waals surface area contributed by atoms with Crippen LogP contribution in [0.2, 0.25) is 0 Å². The van der Waals surface area contributed by atoms with Gasteiger partial charge in [-0.25, -0.2) is 17.5 Å². The van der Waals surface area contributed by atoms with Crippen molar-refractivity contribution in [3.63, 3.8) is 0 Å². The molecule has 1 atom stereocenters. The van der Waals surface area contributed by atoms with Crippen molar-refractivity contribution in [1.82, 2.24) is 9.29 Å². The Kier molecular flexibility index (Phi) is 7.04. The Hall–Kier alpha value is -1.71. The van der Waals surface area contributed by atoms with Gasteiger partial charge in [-0.1, -0.05) is 18.2 Å². The maximum absolute atomic E-state index is 13.1. The standard InChI is InChI=1S/C21H21FN2O4S.Na/c22-14-5-8-16(9-6-14)29(27,28)23-15-7-10-20-18(13-15)17-3-1-2-4-19(17)24(20)12-11-21(25)26;/h1-6,8-9,15,23H,7,10-13H2,(H,25,26);/q;+1. The van der Waals surface area contributed by atoms with Gasteiger partial charge in [-0.15, -0.1) is 0 Å². The normalized spacial score (nSPS) is 16.1. The van der Waals surface area contributed by atoms with Crippen LogP contribution in [0.1, 0.15) is 24.1 Å². The van der Waals surface area contributed by atoms with Gasteiger partial charge in [0.25, 0.3) is 0 Å². The molecule has 2 aromatic carbocycles. The number of carboxylic acid groups (broad SMARTS) is 1. The molecule has 152 valence electrons. The summed E-state index contributed by atoms with van der Waals surface area (Å²) in [5, 5.41) is 10.1. The zero-order chi connectivity index (χ0) is 20.6. The number of sulfonamides is 1. The van der Waals surface area contributed by atoms with Gasteiger partial charge >= 0.3 is 35.5 Å². The van der Waals surface area contributed by atoms with E-state index in [0.29, 0.717) is 25.8 Å². The molecule has 30 heavy (non-hydrogen) atoms. The van der Waals surface area contributed by atoms with Gasteiger partial charge in [-0.3, -0.25) is 4.79 Å². The van der Waals surface area contributed by atoms with Crippen molar-refractivity contribution in [1.29, 1.82) is 0 Å². The van der Waals surface area contributed by atoms with E-state index in [1.54, 1.807) is 0 Å². The number of carboxylic acids is 1. The maximum Gasteiger partial charge on any atom is 1.00 e. The summed E-state index contributed by atoms with van der Waals surface area (Å²) in [6.07, 6.45) is 1.82. The Bertz CT molecular complexity index is 1180. The van der Waals surface area contributed by atoms with E-state index in [1.165, 1.54) is 12.1 Å². The van der Waals surface area contributed by atoms with Crippen molar-refractivity contribution < 1.29 is 52.3 Å². The molecule has 0 saturated heterocycles. The molecule has 0 amide bonds. The molecule has 1 aliphatic rings. The Morgan fingerprint density at radius 1 is 1.17 bits per heavy atom. The van der Waals surface area contributed by atoms with Crippen molar-refractivity contribution in [2.24, 2.45) is 0 Å². The van der Waals surface area contributed by atoms with Crippen molar-refractivity contribution >= 4 is 26.9 Å². The molecule has 0 aliphatic heterocycles. The second-order valence-corrected chi connectivity index (χ2v) is 8.97. The van der Waals surface area contributed by atoms with E-state index in [2.05, 4.69) is 4.72 Å². The summed E-state index contributed by atoms with van der Waals surface area (Å²) >= 11 is 0. The second kappa shape index (κ2) is 9.20. The van der Waals surface area contributed by atoms with Gasteiger partial charge in [-0.05, 0) is 55.2 Å². The Morgan fingerprint density at radius 3 is 2.57 bits per heavy atom. The van der Waals surface area contributed by atoms with E-state index >= 15 is 0 Å². The molecule has 1 aromatic heterocycles. The number of aromatic nitrogens is 1. The summed E-state index contributed by atoms with van der Waals surface area (Å²) in [5.74, 6) is -1.34. The topological polar surface area (TPSA) is 88.4 Å². The van der Waals surface area contributed by atoms with Crippen molar-refractivity contribution in [3.05, 3.63) is 65.6 Å². The fourth-order valence-electron chi connectivity index (χ4n) is 4.07. The van der Waals surface area contributed by atoms with Gasteiger partial charge < -0.3 is 9.67 Å². The number of hydrogen-bond acceptors (Lipinski definition) is 3. The minimum atomic E-state index is -3.75. The fourth-order valence-corrected chi connectivity index (χ4v) is 5.34. The SMILES string of the molecule is O=C(O)CCn1c2c(c3ccccc31)CC(NS(=O)(=O)c1ccc(F)cc1)CC2.[Na+]. The predicted octanol–water partition coefficient (Wildman–Crippen LogP) is 0.0949. The van der Waals surface area contributed by atoms with Crippen LogP contribution in [0.3, 0.4) is 0 Å². The van der Waals surface area contributed by atoms with Crippen LogP contribution in [-0.2, 0) is 34.2 Å². The minimum Gasteiger partial charge on any atom is -0.481 e. The average Bonchev–Trinajstić information content (AvgIpc) is 2.99. The third kappa shape index (κ3) is 4.63. The molecule has 0 fully saturated rings. The number of nitrogens with one attached hydrogen (secondary N) is 1. The summed E-state index contributed by atoms with van der Waals surface area (Å²) in [7, 11) is -3.75. The third-order valence-corrected chi connectivity index (χ3v) is 6.91. The first-order valence-corrected chi connectivity index (χ1v) is 10.9. The summed E-state index contributed by atoms with van der Waals surface area (Å²) in [4.78, 5) is 11.1. The van der Waals surface area contributed by atoms with Crippen LogP contribution in [0.25, 0.3) is 10.9 Å². The molecule has 6 nitrogen and oxygen atoms in total. The van der Waals surface area contributed by atoms with E-state index in [1.807, 2.05) is 28.8 Å². The van der Waals surface area contributed by atoms with Crippen molar-refractivity contribution in [2.45, 2.75) is 43.2 Å². The predicted molar refractivity (Wildman–Crippen MR) is 107 cm³/mol. The summed E-state index contributed by atoms with van der Waals surface area (Å²) in [6.45, 7) is 0.386. The molecular weight excluding hydrogens is 418 g/mol. The molecule has 1 unspecified atom stereocenters. The maximum atomic E-state index is 13.1.